The van der Waals surface area contributed by atoms with Crippen LogP contribution >= 0.6 is 0 Å². The van der Waals surface area contributed by atoms with Crippen LogP contribution in [0.25, 0.3) is 33.7 Å². The summed E-state index contributed by atoms with van der Waals surface area (Å²) < 4.78 is 25.6. The van der Waals surface area contributed by atoms with Gasteiger partial charge in [0.25, 0.3) is 11.4 Å². The lowest BCUT2D eigenvalue weighted by Gasteiger charge is -2.11. The Hall–Kier alpha value is -3.68. The fourth-order valence-corrected chi connectivity index (χ4v) is 3.18. The third-order valence-electron chi connectivity index (χ3n) is 4.51. The Labute approximate surface area is 158 Å². The van der Waals surface area contributed by atoms with Gasteiger partial charge in [-0.1, -0.05) is 17.3 Å². The molecule has 0 atom stereocenters. The number of methoxy groups -OCH3 is 1. The molecule has 0 saturated carbocycles. The molecule has 0 radical (unpaired) electrons. The van der Waals surface area contributed by atoms with E-state index >= 15 is 0 Å². The molecule has 142 valence electrons. The largest absolute Gasteiger partial charge is 0.506 e. The Morgan fingerprint density at radius 1 is 1.25 bits per heavy atom. The molecule has 0 fully saturated rings. The highest BCUT2D eigenvalue weighted by Crippen LogP contribution is 2.34. The normalized spacial score (nSPS) is 11.1. The number of aryl methyl sites for hydroxylation is 1. The second kappa shape index (κ2) is 6.80. The van der Waals surface area contributed by atoms with Crippen molar-refractivity contribution in [3.05, 3.63) is 58.6 Å². The van der Waals surface area contributed by atoms with Crippen LogP contribution in [0, 0.1) is 5.82 Å². The van der Waals surface area contributed by atoms with Crippen molar-refractivity contribution in [1.29, 1.82) is 0 Å². The fourth-order valence-electron chi connectivity index (χ4n) is 3.18. The van der Waals surface area contributed by atoms with Crippen LogP contribution in [0.1, 0.15) is 6.92 Å². The van der Waals surface area contributed by atoms with Crippen LogP contribution < -0.4 is 10.3 Å². The van der Waals surface area contributed by atoms with Gasteiger partial charge in [-0.2, -0.15) is 4.98 Å². The minimum atomic E-state index is -0.548. The van der Waals surface area contributed by atoms with Crippen molar-refractivity contribution in [3.8, 4) is 34.3 Å². The maximum absolute atomic E-state index is 13.7. The summed E-state index contributed by atoms with van der Waals surface area (Å²) in [4.78, 5) is 17.2. The van der Waals surface area contributed by atoms with Crippen molar-refractivity contribution >= 4 is 10.9 Å². The van der Waals surface area contributed by atoms with Gasteiger partial charge < -0.3 is 18.9 Å². The summed E-state index contributed by atoms with van der Waals surface area (Å²) in [7, 11) is 1.52. The average Bonchev–Trinajstić information content (AvgIpc) is 3.17. The molecule has 0 amide bonds. The number of benzene rings is 2. The summed E-state index contributed by atoms with van der Waals surface area (Å²) in [6, 6.07) is 10.9. The third-order valence-corrected chi connectivity index (χ3v) is 4.51. The van der Waals surface area contributed by atoms with E-state index in [2.05, 4.69) is 10.1 Å². The molecular weight excluding hydrogens is 365 g/mol. The number of fused-ring (bicyclic) bond motifs is 1. The molecule has 8 heteroatoms. The second-order valence-electron chi connectivity index (χ2n) is 6.06. The number of halogens is 1. The number of para-hydroxylation sites is 1. The zero-order chi connectivity index (χ0) is 19.8. The molecule has 2 aromatic carbocycles. The highest BCUT2D eigenvalue weighted by Gasteiger charge is 2.23. The molecule has 0 bridgehead atoms. The van der Waals surface area contributed by atoms with Crippen molar-refractivity contribution in [3.63, 3.8) is 0 Å². The van der Waals surface area contributed by atoms with Crippen LogP contribution in [0.2, 0.25) is 0 Å². The maximum Gasteiger partial charge on any atom is 0.267 e. The molecule has 4 rings (SSSR count). The number of nitrogens with zero attached hydrogens (tertiary/aromatic N) is 3. The predicted octanol–water partition coefficient (Wildman–Crippen LogP) is 3.59. The number of aromatic nitrogens is 3. The minimum Gasteiger partial charge on any atom is -0.506 e. The molecule has 0 unspecified atom stereocenters. The van der Waals surface area contributed by atoms with E-state index in [4.69, 9.17) is 9.26 Å². The highest BCUT2D eigenvalue weighted by molar-refractivity contribution is 5.91. The van der Waals surface area contributed by atoms with Crippen molar-refractivity contribution in [1.82, 2.24) is 14.7 Å². The monoisotopic (exact) mass is 381 g/mol. The first-order chi connectivity index (χ1) is 13.5. The van der Waals surface area contributed by atoms with E-state index in [9.17, 15) is 14.3 Å². The number of rotatable bonds is 4. The van der Waals surface area contributed by atoms with Crippen LogP contribution in [0.4, 0.5) is 4.39 Å². The molecule has 2 heterocycles. The first-order valence-corrected chi connectivity index (χ1v) is 8.57. The topological polar surface area (TPSA) is 90.4 Å². The van der Waals surface area contributed by atoms with E-state index in [1.807, 2.05) is 0 Å². The molecule has 2 aromatic heterocycles. The van der Waals surface area contributed by atoms with Gasteiger partial charge in [0, 0.05) is 11.9 Å². The van der Waals surface area contributed by atoms with Crippen molar-refractivity contribution in [2.75, 3.05) is 7.11 Å². The lowest BCUT2D eigenvalue weighted by atomic mass is 10.1. The third kappa shape index (κ3) is 2.70. The Balaban J connectivity index is 1.95. The second-order valence-corrected chi connectivity index (χ2v) is 6.06. The number of aromatic hydroxyl groups is 1. The Morgan fingerprint density at radius 3 is 2.79 bits per heavy atom. The van der Waals surface area contributed by atoms with Crippen molar-refractivity contribution < 1.29 is 18.8 Å². The molecule has 0 spiro atoms. The fraction of sp³-hybridized carbons (Fsp3) is 0.150. The molecule has 1 N–H and O–H groups in total. The molecular formula is C20H16FN3O4. The SMILES string of the molecule is CCn1c(=O)c(-c2nc(-c3ccccc3OC)no2)c(O)c2ccc(F)cc21. The van der Waals surface area contributed by atoms with E-state index in [1.54, 1.807) is 31.2 Å². The standard InChI is InChI=1S/C20H16FN3O4/c1-3-24-14-10-11(21)8-9-12(14)17(25)16(20(24)26)19-22-18(23-28-19)13-6-4-5-7-15(13)27-2/h4-10,25H,3H2,1-2H3. The van der Waals surface area contributed by atoms with Crippen LogP contribution in [0.5, 0.6) is 11.5 Å². The highest BCUT2D eigenvalue weighted by atomic mass is 19.1. The quantitative estimate of drug-likeness (QED) is 0.581. The van der Waals surface area contributed by atoms with Gasteiger partial charge in [0.15, 0.2) is 0 Å². The number of pyridine rings is 1. The Kier molecular flexibility index (Phi) is 4.31. The summed E-state index contributed by atoms with van der Waals surface area (Å²) in [5.74, 6) is -0.207. The van der Waals surface area contributed by atoms with Gasteiger partial charge in [-0.3, -0.25) is 4.79 Å². The average molecular weight is 381 g/mol. The Bertz CT molecular complexity index is 1250. The maximum atomic E-state index is 13.7. The van der Waals surface area contributed by atoms with Gasteiger partial charge in [-0.05, 0) is 37.3 Å². The lowest BCUT2D eigenvalue weighted by Crippen LogP contribution is -2.21. The number of ether oxygens (including phenoxy) is 1. The molecule has 0 aliphatic heterocycles. The molecule has 7 nitrogen and oxygen atoms in total. The lowest BCUT2D eigenvalue weighted by molar-refractivity contribution is 0.412. The summed E-state index contributed by atoms with van der Waals surface area (Å²) in [5, 5.41) is 14.9. The van der Waals surface area contributed by atoms with Crippen molar-refractivity contribution in [2.24, 2.45) is 0 Å². The minimum absolute atomic E-state index is 0.128. The summed E-state index contributed by atoms with van der Waals surface area (Å²) >= 11 is 0. The van der Waals surface area contributed by atoms with E-state index in [1.165, 1.54) is 29.9 Å². The van der Waals surface area contributed by atoms with E-state index in [0.717, 1.165) is 0 Å². The zero-order valence-corrected chi connectivity index (χ0v) is 15.1. The molecule has 0 aliphatic rings. The summed E-state index contributed by atoms with van der Waals surface area (Å²) in [5.41, 5.74) is 0.194. The van der Waals surface area contributed by atoms with Gasteiger partial charge in [0.2, 0.25) is 5.82 Å². The van der Waals surface area contributed by atoms with E-state index in [0.29, 0.717) is 22.2 Å². The van der Waals surface area contributed by atoms with Crippen LogP contribution in [-0.4, -0.2) is 26.9 Å². The molecule has 4 aromatic rings. The zero-order valence-electron chi connectivity index (χ0n) is 15.1. The molecule has 28 heavy (non-hydrogen) atoms. The number of hydrogen-bond donors (Lipinski definition) is 1. The van der Waals surface area contributed by atoms with Crippen LogP contribution in [-0.2, 0) is 6.54 Å². The van der Waals surface area contributed by atoms with Gasteiger partial charge in [0.1, 0.15) is 22.9 Å². The molecule has 0 aliphatic carbocycles. The number of hydrogen-bond acceptors (Lipinski definition) is 6. The van der Waals surface area contributed by atoms with Gasteiger partial charge in [-0.15, -0.1) is 0 Å². The van der Waals surface area contributed by atoms with E-state index in [-0.39, 0.29) is 29.6 Å². The summed E-state index contributed by atoms with van der Waals surface area (Å²) in [6.07, 6.45) is 0. The van der Waals surface area contributed by atoms with E-state index < -0.39 is 11.4 Å². The summed E-state index contributed by atoms with van der Waals surface area (Å²) in [6.45, 7) is 2.03. The van der Waals surface area contributed by atoms with Gasteiger partial charge in [0.05, 0.1) is 18.2 Å². The van der Waals surface area contributed by atoms with Gasteiger partial charge in [-0.25, -0.2) is 4.39 Å². The smallest absolute Gasteiger partial charge is 0.267 e. The van der Waals surface area contributed by atoms with Crippen molar-refractivity contribution in [2.45, 2.75) is 13.5 Å². The van der Waals surface area contributed by atoms with Crippen LogP contribution in [0.15, 0.2) is 51.8 Å². The Morgan fingerprint density at radius 2 is 2.04 bits per heavy atom. The first kappa shape index (κ1) is 17.7. The first-order valence-electron chi connectivity index (χ1n) is 8.57. The predicted molar refractivity (Wildman–Crippen MR) is 101 cm³/mol. The molecule has 0 saturated heterocycles. The van der Waals surface area contributed by atoms with Crippen LogP contribution in [0.3, 0.4) is 0 Å². The van der Waals surface area contributed by atoms with Gasteiger partial charge >= 0.3 is 0 Å².